The highest BCUT2D eigenvalue weighted by molar-refractivity contribution is 7.99. The lowest BCUT2D eigenvalue weighted by Gasteiger charge is -2.20. The summed E-state index contributed by atoms with van der Waals surface area (Å²) in [5.41, 5.74) is 0. The minimum Gasteiger partial charge on any atom is -0.373 e. The number of hydrogen-bond acceptors (Lipinski definition) is 3. The Kier molecular flexibility index (Phi) is 2.28. The van der Waals surface area contributed by atoms with Crippen molar-refractivity contribution in [1.82, 2.24) is 4.90 Å². The first-order valence-electron chi connectivity index (χ1n) is 4.68. The molecule has 1 N–H and O–H groups in total. The first kappa shape index (κ1) is 9.34. The Morgan fingerprint density at radius 3 is 2.54 bits per heavy atom. The van der Waals surface area contributed by atoms with Crippen molar-refractivity contribution in [2.75, 3.05) is 6.26 Å². The number of amides is 1. The van der Waals surface area contributed by atoms with E-state index < -0.39 is 6.23 Å². The Bertz CT molecular complexity index is 234. The van der Waals surface area contributed by atoms with Gasteiger partial charge >= 0.3 is 0 Å². The zero-order valence-electron chi connectivity index (χ0n) is 7.93. The van der Waals surface area contributed by atoms with Crippen LogP contribution in [-0.2, 0) is 4.79 Å². The van der Waals surface area contributed by atoms with E-state index in [9.17, 15) is 9.90 Å². The number of aliphatic hydroxyl groups is 1. The van der Waals surface area contributed by atoms with Gasteiger partial charge in [0, 0.05) is 12.5 Å². The summed E-state index contributed by atoms with van der Waals surface area (Å²) in [5.74, 6) is 0.716. The summed E-state index contributed by atoms with van der Waals surface area (Å²) in [4.78, 5) is 13.4. The van der Waals surface area contributed by atoms with E-state index >= 15 is 0 Å². The highest BCUT2D eigenvalue weighted by Crippen LogP contribution is 2.40. The lowest BCUT2D eigenvalue weighted by Crippen LogP contribution is -2.36. The van der Waals surface area contributed by atoms with Crippen molar-refractivity contribution >= 4 is 17.7 Å². The van der Waals surface area contributed by atoms with Crippen LogP contribution in [0.15, 0.2) is 0 Å². The average Bonchev–Trinajstić information content (AvgIpc) is 2.70. The maximum atomic E-state index is 11.7. The second-order valence-electron chi connectivity index (χ2n) is 3.97. The molecule has 0 aromatic carbocycles. The summed E-state index contributed by atoms with van der Waals surface area (Å²) >= 11 is 1.54. The Morgan fingerprint density at radius 1 is 1.54 bits per heavy atom. The minimum atomic E-state index is -0.528. The first-order valence-corrected chi connectivity index (χ1v) is 5.97. The smallest absolute Gasteiger partial charge is 0.238 e. The van der Waals surface area contributed by atoms with Crippen molar-refractivity contribution in [3.63, 3.8) is 0 Å². The van der Waals surface area contributed by atoms with Gasteiger partial charge in [-0.1, -0.05) is 6.92 Å². The molecule has 2 fully saturated rings. The highest BCUT2D eigenvalue weighted by atomic mass is 32.2. The lowest BCUT2D eigenvalue weighted by atomic mass is 10.3. The van der Waals surface area contributed by atoms with Gasteiger partial charge in [0.25, 0.3) is 0 Å². The molecule has 3 nitrogen and oxygen atoms in total. The maximum absolute atomic E-state index is 11.7. The van der Waals surface area contributed by atoms with Crippen LogP contribution in [0.2, 0.25) is 0 Å². The molecule has 74 valence electrons. The van der Waals surface area contributed by atoms with E-state index in [4.69, 9.17) is 0 Å². The SMILES string of the molecule is CSC1CC(O)N(C2CC2C)C1=O. The van der Waals surface area contributed by atoms with Crippen LogP contribution in [0.25, 0.3) is 0 Å². The van der Waals surface area contributed by atoms with Crippen molar-refractivity contribution in [3.05, 3.63) is 0 Å². The third-order valence-corrected chi connectivity index (χ3v) is 3.95. The summed E-state index contributed by atoms with van der Waals surface area (Å²) in [6, 6.07) is 0.319. The van der Waals surface area contributed by atoms with Crippen LogP contribution in [0.5, 0.6) is 0 Å². The number of carbonyl (C=O) groups excluding carboxylic acids is 1. The second-order valence-corrected chi connectivity index (χ2v) is 5.01. The van der Waals surface area contributed by atoms with Crippen LogP contribution >= 0.6 is 11.8 Å². The van der Waals surface area contributed by atoms with Crippen LogP contribution in [0, 0.1) is 5.92 Å². The summed E-state index contributed by atoms with van der Waals surface area (Å²) in [7, 11) is 0. The zero-order valence-corrected chi connectivity index (χ0v) is 8.75. The van der Waals surface area contributed by atoms with Gasteiger partial charge in [-0.3, -0.25) is 4.79 Å². The van der Waals surface area contributed by atoms with Gasteiger partial charge in [0.15, 0.2) is 0 Å². The van der Waals surface area contributed by atoms with Crippen molar-refractivity contribution in [3.8, 4) is 0 Å². The van der Waals surface area contributed by atoms with Gasteiger partial charge in [-0.05, 0) is 18.6 Å². The molecular weight excluding hydrogens is 186 g/mol. The molecule has 0 radical (unpaired) electrons. The van der Waals surface area contributed by atoms with Crippen molar-refractivity contribution in [2.45, 2.75) is 37.3 Å². The molecule has 0 bridgehead atoms. The predicted octanol–water partition coefficient (Wildman–Crippen LogP) is 0.677. The number of aliphatic hydroxyl groups excluding tert-OH is 1. The summed E-state index contributed by atoms with van der Waals surface area (Å²) in [6.45, 7) is 2.12. The molecule has 1 saturated heterocycles. The van der Waals surface area contributed by atoms with Crippen molar-refractivity contribution in [2.24, 2.45) is 5.92 Å². The Labute approximate surface area is 82.5 Å². The number of likely N-dealkylation sites (tertiary alicyclic amines) is 1. The summed E-state index contributed by atoms with van der Waals surface area (Å²) in [6.07, 6.45) is 3.06. The standard InChI is InChI=1S/C9H15NO2S/c1-5-3-6(5)10-8(11)4-7(13-2)9(10)12/h5-8,11H,3-4H2,1-2H3. The van der Waals surface area contributed by atoms with E-state index in [2.05, 4.69) is 6.92 Å². The Morgan fingerprint density at radius 2 is 2.15 bits per heavy atom. The molecule has 4 atom stereocenters. The lowest BCUT2D eigenvalue weighted by molar-refractivity contribution is -0.133. The van der Waals surface area contributed by atoms with Crippen LogP contribution in [0.1, 0.15) is 19.8 Å². The molecule has 1 amide bonds. The van der Waals surface area contributed by atoms with Crippen LogP contribution < -0.4 is 0 Å². The van der Waals surface area contributed by atoms with E-state index in [1.807, 2.05) is 6.26 Å². The molecule has 1 saturated carbocycles. The molecule has 4 unspecified atom stereocenters. The molecule has 0 aromatic rings. The number of carbonyl (C=O) groups is 1. The fraction of sp³-hybridized carbons (Fsp3) is 0.889. The van der Waals surface area contributed by atoms with E-state index in [-0.39, 0.29) is 11.2 Å². The van der Waals surface area contributed by atoms with E-state index in [1.54, 1.807) is 16.7 Å². The number of nitrogens with zero attached hydrogens (tertiary/aromatic N) is 1. The Balaban J connectivity index is 2.06. The third-order valence-electron chi connectivity index (χ3n) is 2.98. The molecule has 4 heteroatoms. The topological polar surface area (TPSA) is 40.5 Å². The largest absolute Gasteiger partial charge is 0.373 e. The molecule has 2 rings (SSSR count). The van der Waals surface area contributed by atoms with Gasteiger partial charge in [-0.2, -0.15) is 11.8 Å². The molecule has 0 spiro atoms. The minimum absolute atomic E-state index is 0.0113. The van der Waals surface area contributed by atoms with Crippen LogP contribution in [0.4, 0.5) is 0 Å². The monoisotopic (exact) mass is 201 g/mol. The first-order chi connectivity index (χ1) is 6.15. The van der Waals surface area contributed by atoms with E-state index in [0.29, 0.717) is 18.4 Å². The van der Waals surface area contributed by atoms with Gasteiger partial charge < -0.3 is 10.0 Å². The fourth-order valence-corrected chi connectivity index (χ4v) is 2.68. The van der Waals surface area contributed by atoms with Gasteiger partial charge in [0.1, 0.15) is 6.23 Å². The summed E-state index contributed by atoms with van der Waals surface area (Å²) in [5, 5.41) is 9.67. The average molecular weight is 201 g/mol. The molecular formula is C9H15NO2S. The molecule has 1 heterocycles. The van der Waals surface area contributed by atoms with Crippen molar-refractivity contribution < 1.29 is 9.90 Å². The highest BCUT2D eigenvalue weighted by Gasteiger charge is 2.49. The molecule has 0 aromatic heterocycles. The van der Waals surface area contributed by atoms with Gasteiger partial charge in [-0.25, -0.2) is 0 Å². The number of thioether (sulfide) groups is 1. The van der Waals surface area contributed by atoms with Crippen LogP contribution in [-0.4, -0.2) is 39.7 Å². The zero-order chi connectivity index (χ0) is 9.59. The predicted molar refractivity (Wildman–Crippen MR) is 52.3 cm³/mol. The summed E-state index contributed by atoms with van der Waals surface area (Å²) < 4.78 is 0. The van der Waals surface area contributed by atoms with Crippen LogP contribution in [0.3, 0.4) is 0 Å². The molecule has 1 aliphatic carbocycles. The number of hydrogen-bond donors (Lipinski definition) is 1. The maximum Gasteiger partial charge on any atom is 0.238 e. The Hall–Kier alpha value is -0.220. The van der Waals surface area contributed by atoms with Gasteiger partial charge in [0.2, 0.25) is 5.91 Å². The second kappa shape index (κ2) is 3.17. The fourth-order valence-electron chi connectivity index (χ4n) is 1.99. The van der Waals surface area contributed by atoms with Crippen molar-refractivity contribution in [1.29, 1.82) is 0 Å². The molecule has 13 heavy (non-hydrogen) atoms. The molecule has 1 aliphatic heterocycles. The van der Waals surface area contributed by atoms with Gasteiger partial charge in [0.05, 0.1) is 5.25 Å². The third kappa shape index (κ3) is 1.46. The normalized spacial score (nSPS) is 44.2. The van der Waals surface area contributed by atoms with E-state index in [1.165, 1.54) is 0 Å². The van der Waals surface area contributed by atoms with Gasteiger partial charge in [-0.15, -0.1) is 0 Å². The molecule has 2 aliphatic rings. The number of rotatable bonds is 2. The quantitative estimate of drug-likeness (QED) is 0.714. The van der Waals surface area contributed by atoms with E-state index in [0.717, 1.165) is 6.42 Å².